The van der Waals surface area contributed by atoms with Crippen LogP contribution >= 0.6 is 0 Å². The highest BCUT2D eigenvalue weighted by Crippen LogP contribution is 2.51. The van der Waals surface area contributed by atoms with Crippen LogP contribution in [0.25, 0.3) is 22.1 Å². The fourth-order valence-electron chi connectivity index (χ4n) is 4.52. The molecule has 0 saturated carbocycles. The normalized spacial score (nSPS) is 16.7. The van der Waals surface area contributed by atoms with Crippen molar-refractivity contribution in [1.82, 2.24) is 9.88 Å². The number of fused-ring (bicyclic) bond motifs is 2. The molecular weight excluding hydrogens is 436 g/mol. The molecule has 0 radical (unpaired) electrons. The summed E-state index contributed by atoms with van der Waals surface area (Å²) in [4.78, 5) is 44.9. The first-order valence-electron chi connectivity index (χ1n) is 10.5. The van der Waals surface area contributed by atoms with E-state index in [9.17, 15) is 14.4 Å². The predicted octanol–water partition coefficient (Wildman–Crippen LogP) is 3.59. The van der Waals surface area contributed by atoms with Crippen LogP contribution in [0.3, 0.4) is 0 Å². The van der Waals surface area contributed by atoms with Gasteiger partial charge in [0.25, 0.3) is 0 Å². The summed E-state index contributed by atoms with van der Waals surface area (Å²) in [5.41, 5.74) is 1.79. The van der Waals surface area contributed by atoms with Crippen LogP contribution in [0.5, 0.6) is 0 Å². The number of ether oxygens (including phenoxy) is 3. The molecule has 1 amide bonds. The van der Waals surface area contributed by atoms with Gasteiger partial charge in [-0.05, 0) is 23.1 Å². The molecule has 8 nitrogen and oxygen atoms in total. The summed E-state index contributed by atoms with van der Waals surface area (Å²) in [6.45, 7) is 1.28. The van der Waals surface area contributed by atoms with Crippen LogP contribution in [0.1, 0.15) is 30.0 Å². The first-order chi connectivity index (χ1) is 16.5. The van der Waals surface area contributed by atoms with E-state index in [1.54, 1.807) is 24.4 Å². The van der Waals surface area contributed by atoms with Crippen LogP contribution in [-0.2, 0) is 28.6 Å². The molecule has 0 N–H and O–H groups in total. The monoisotopic (exact) mass is 456 g/mol. The SMILES string of the molecule is COC(=O)C1=C(C(=O)OC)N(C(C)=O)C(c2ccccn2)OC2=C1c1cccc3cccc2c13. The zero-order chi connectivity index (χ0) is 24.0. The minimum Gasteiger partial charge on any atom is -0.465 e. The van der Waals surface area contributed by atoms with Crippen LogP contribution in [0.4, 0.5) is 0 Å². The number of rotatable bonds is 3. The maximum absolute atomic E-state index is 13.2. The second-order valence-corrected chi connectivity index (χ2v) is 7.73. The molecule has 3 aromatic rings. The van der Waals surface area contributed by atoms with Crippen molar-refractivity contribution in [1.29, 1.82) is 0 Å². The van der Waals surface area contributed by atoms with Gasteiger partial charge in [-0.1, -0.05) is 42.5 Å². The molecule has 2 heterocycles. The van der Waals surface area contributed by atoms with E-state index in [0.29, 0.717) is 22.6 Å². The third-order valence-corrected chi connectivity index (χ3v) is 5.89. The Labute approximate surface area is 195 Å². The van der Waals surface area contributed by atoms with Crippen LogP contribution < -0.4 is 0 Å². The van der Waals surface area contributed by atoms with Crippen molar-refractivity contribution in [3.05, 3.63) is 88.9 Å². The van der Waals surface area contributed by atoms with Gasteiger partial charge in [0, 0.05) is 29.6 Å². The molecule has 0 saturated heterocycles. The molecule has 8 heteroatoms. The van der Waals surface area contributed by atoms with E-state index in [-0.39, 0.29) is 11.3 Å². The Hall–Kier alpha value is -4.46. The second kappa shape index (κ2) is 8.15. The number of carbonyl (C=O) groups is 3. The molecule has 1 aliphatic carbocycles. The molecule has 0 spiro atoms. The highest BCUT2D eigenvalue weighted by atomic mass is 16.5. The van der Waals surface area contributed by atoms with Crippen LogP contribution in [0.2, 0.25) is 0 Å². The Kier molecular flexibility index (Phi) is 5.13. The zero-order valence-corrected chi connectivity index (χ0v) is 18.7. The van der Waals surface area contributed by atoms with Gasteiger partial charge in [0.1, 0.15) is 22.7 Å². The fraction of sp³-hybridized carbons (Fsp3) is 0.154. The van der Waals surface area contributed by atoms with E-state index in [4.69, 9.17) is 14.2 Å². The molecule has 170 valence electrons. The number of nitrogens with zero attached hydrogens (tertiary/aromatic N) is 2. The second-order valence-electron chi connectivity index (χ2n) is 7.73. The molecule has 5 rings (SSSR count). The maximum Gasteiger partial charge on any atom is 0.355 e. The zero-order valence-electron chi connectivity index (χ0n) is 18.7. The number of hydrogen-bond donors (Lipinski definition) is 0. The largest absolute Gasteiger partial charge is 0.465 e. The van der Waals surface area contributed by atoms with Gasteiger partial charge in [-0.15, -0.1) is 0 Å². The highest BCUT2D eigenvalue weighted by Gasteiger charge is 2.45. The van der Waals surface area contributed by atoms with Gasteiger partial charge in [0.2, 0.25) is 12.1 Å². The van der Waals surface area contributed by atoms with Gasteiger partial charge in [0.15, 0.2) is 0 Å². The lowest BCUT2D eigenvalue weighted by Crippen LogP contribution is -2.38. The summed E-state index contributed by atoms with van der Waals surface area (Å²) in [7, 11) is 2.40. The number of methoxy groups -OCH3 is 2. The minimum absolute atomic E-state index is 0.110. The number of benzene rings is 2. The van der Waals surface area contributed by atoms with Crippen molar-refractivity contribution in [2.24, 2.45) is 0 Å². The van der Waals surface area contributed by atoms with Crippen molar-refractivity contribution < 1.29 is 28.6 Å². The fourth-order valence-corrected chi connectivity index (χ4v) is 4.52. The lowest BCUT2D eigenvalue weighted by atomic mass is 9.95. The lowest BCUT2D eigenvalue weighted by molar-refractivity contribution is -0.148. The molecule has 1 unspecified atom stereocenters. The van der Waals surface area contributed by atoms with Gasteiger partial charge >= 0.3 is 11.9 Å². The highest BCUT2D eigenvalue weighted by molar-refractivity contribution is 6.25. The van der Waals surface area contributed by atoms with Crippen molar-refractivity contribution >= 4 is 40.0 Å². The minimum atomic E-state index is -1.13. The molecule has 34 heavy (non-hydrogen) atoms. The third-order valence-electron chi connectivity index (χ3n) is 5.89. The number of hydrogen-bond acceptors (Lipinski definition) is 7. The Morgan fingerprint density at radius 2 is 1.62 bits per heavy atom. The summed E-state index contributed by atoms with van der Waals surface area (Å²) in [6.07, 6.45) is 0.425. The Morgan fingerprint density at radius 3 is 2.24 bits per heavy atom. The van der Waals surface area contributed by atoms with E-state index < -0.39 is 24.1 Å². The topological polar surface area (TPSA) is 95.0 Å². The maximum atomic E-state index is 13.2. The number of amides is 1. The van der Waals surface area contributed by atoms with E-state index in [1.165, 1.54) is 21.1 Å². The first kappa shape index (κ1) is 21.4. The predicted molar refractivity (Wildman–Crippen MR) is 122 cm³/mol. The van der Waals surface area contributed by atoms with E-state index in [0.717, 1.165) is 21.2 Å². The molecule has 2 aliphatic rings. The molecule has 1 aromatic heterocycles. The molecule has 0 fully saturated rings. The Bertz CT molecular complexity index is 1420. The van der Waals surface area contributed by atoms with Crippen LogP contribution in [0.15, 0.2) is 72.1 Å². The van der Waals surface area contributed by atoms with Gasteiger partial charge in [-0.25, -0.2) is 9.59 Å². The third kappa shape index (κ3) is 3.07. The quantitative estimate of drug-likeness (QED) is 0.556. The average Bonchev–Trinajstić information content (AvgIpc) is 3.07. The van der Waals surface area contributed by atoms with Gasteiger partial charge < -0.3 is 14.2 Å². The Morgan fingerprint density at radius 1 is 0.912 bits per heavy atom. The van der Waals surface area contributed by atoms with Crippen molar-refractivity contribution in [2.75, 3.05) is 14.2 Å². The van der Waals surface area contributed by atoms with E-state index in [2.05, 4.69) is 4.98 Å². The van der Waals surface area contributed by atoms with Crippen molar-refractivity contribution in [2.45, 2.75) is 13.2 Å². The number of pyridine rings is 1. The van der Waals surface area contributed by atoms with Gasteiger partial charge in [-0.3, -0.25) is 14.7 Å². The average molecular weight is 456 g/mol. The number of esters is 2. The lowest BCUT2D eigenvalue weighted by Gasteiger charge is -2.30. The standard InChI is InChI=1S/C26H20N2O6/c1-14(29)28-22(26(31)33-3)21(25(30)32-2)20-16-10-6-8-15-9-7-11-17(19(15)16)23(20)34-24(28)18-12-4-5-13-27-18/h4-13,24H,1-3H3. The van der Waals surface area contributed by atoms with Gasteiger partial charge in [0.05, 0.1) is 14.2 Å². The van der Waals surface area contributed by atoms with E-state index >= 15 is 0 Å². The number of aromatic nitrogens is 1. The molecular formula is C26H20N2O6. The summed E-state index contributed by atoms with van der Waals surface area (Å²) >= 11 is 0. The number of carbonyl (C=O) groups excluding carboxylic acids is 3. The summed E-state index contributed by atoms with van der Waals surface area (Å²) in [5.74, 6) is -1.86. The summed E-state index contributed by atoms with van der Waals surface area (Å²) in [5, 5.41) is 1.81. The van der Waals surface area contributed by atoms with E-state index in [1.807, 2.05) is 36.4 Å². The molecule has 2 aromatic carbocycles. The van der Waals surface area contributed by atoms with Crippen LogP contribution in [-0.4, -0.2) is 41.9 Å². The van der Waals surface area contributed by atoms with Crippen molar-refractivity contribution in [3.8, 4) is 0 Å². The molecule has 0 bridgehead atoms. The first-order valence-corrected chi connectivity index (χ1v) is 10.5. The smallest absolute Gasteiger partial charge is 0.355 e. The van der Waals surface area contributed by atoms with Crippen molar-refractivity contribution in [3.63, 3.8) is 0 Å². The Balaban J connectivity index is 1.92. The molecule has 1 aliphatic heterocycles. The van der Waals surface area contributed by atoms with Gasteiger partial charge in [-0.2, -0.15) is 0 Å². The molecule has 1 atom stereocenters. The summed E-state index contributed by atoms with van der Waals surface area (Å²) in [6, 6.07) is 16.5. The summed E-state index contributed by atoms with van der Waals surface area (Å²) < 4.78 is 16.6. The van der Waals surface area contributed by atoms with Crippen LogP contribution in [0, 0.1) is 0 Å².